The second kappa shape index (κ2) is 9.12. The monoisotopic (exact) mass is 460 g/mol. The molecule has 1 aromatic heterocycles. The van der Waals surface area contributed by atoms with E-state index in [4.69, 9.17) is 27.9 Å². The molecule has 1 amide bonds. The van der Waals surface area contributed by atoms with Crippen molar-refractivity contribution in [1.82, 2.24) is 10.3 Å². The number of pyridine rings is 1. The Morgan fingerprint density at radius 1 is 1.10 bits per heavy atom. The van der Waals surface area contributed by atoms with E-state index in [0.29, 0.717) is 26.8 Å². The number of carboxylic acid groups (broad SMARTS) is 1. The van der Waals surface area contributed by atoms with E-state index >= 15 is 0 Å². The van der Waals surface area contributed by atoms with Crippen LogP contribution >= 0.6 is 23.2 Å². The molecule has 3 rings (SSSR count). The van der Waals surface area contributed by atoms with E-state index in [2.05, 4.69) is 10.3 Å². The molecular formula is C23H22Cl2N2O4. The van der Waals surface area contributed by atoms with Gasteiger partial charge in [0.1, 0.15) is 11.6 Å². The van der Waals surface area contributed by atoms with Gasteiger partial charge in [0.05, 0.1) is 21.3 Å². The average molecular weight is 461 g/mol. The second-order valence-electron chi connectivity index (χ2n) is 8.06. The van der Waals surface area contributed by atoms with Crippen molar-refractivity contribution in [2.45, 2.75) is 38.8 Å². The van der Waals surface area contributed by atoms with Crippen LogP contribution < -0.4 is 5.32 Å². The van der Waals surface area contributed by atoms with Gasteiger partial charge in [-0.15, -0.1) is 0 Å². The highest BCUT2D eigenvalue weighted by molar-refractivity contribution is 6.39. The molecule has 6 nitrogen and oxygen atoms in total. The minimum absolute atomic E-state index is 0.0998. The fourth-order valence-corrected chi connectivity index (χ4v) is 3.66. The largest absolute Gasteiger partial charge is 0.480 e. The highest BCUT2D eigenvalue weighted by atomic mass is 35.5. The smallest absolute Gasteiger partial charge is 0.408 e. The number of aliphatic carboxylic acids is 1. The first kappa shape index (κ1) is 22.8. The van der Waals surface area contributed by atoms with E-state index in [0.717, 1.165) is 10.9 Å². The molecule has 0 bridgehead atoms. The molecule has 0 saturated heterocycles. The van der Waals surface area contributed by atoms with Crippen LogP contribution in [0.2, 0.25) is 10.0 Å². The van der Waals surface area contributed by atoms with Crippen LogP contribution in [0, 0.1) is 0 Å². The van der Waals surface area contributed by atoms with Crippen LogP contribution in [0.5, 0.6) is 0 Å². The molecule has 0 saturated carbocycles. The van der Waals surface area contributed by atoms with Gasteiger partial charge in [-0.2, -0.15) is 0 Å². The van der Waals surface area contributed by atoms with Crippen LogP contribution in [0.4, 0.5) is 4.79 Å². The topological polar surface area (TPSA) is 88.5 Å². The summed E-state index contributed by atoms with van der Waals surface area (Å²) >= 11 is 12.6. The molecule has 2 N–H and O–H groups in total. The molecule has 0 aliphatic heterocycles. The summed E-state index contributed by atoms with van der Waals surface area (Å²) in [6.07, 6.45) is -0.675. The molecule has 1 atom stereocenters. The van der Waals surface area contributed by atoms with Gasteiger partial charge < -0.3 is 15.2 Å². The van der Waals surface area contributed by atoms with Crippen molar-refractivity contribution in [3.05, 3.63) is 64.1 Å². The van der Waals surface area contributed by atoms with Gasteiger partial charge in [0.2, 0.25) is 0 Å². The van der Waals surface area contributed by atoms with E-state index in [9.17, 15) is 14.7 Å². The summed E-state index contributed by atoms with van der Waals surface area (Å²) in [6.45, 7) is 5.13. The maximum absolute atomic E-state index is 12.0. The number of carboxylic acids is 1. The third-order valence-corrected chi connectivity index (χ3v) is 5.03. The van der Waals surface area contributed by atoms with E-state index in [1.807, 2.05) is 18.2 Å². The number of fused-ring (bicyclic) bond motifs is 1. The van der Waals surface area contributed by atoms with Gasteiger partial charge in [0, 0.05) is 17.4 Å². The average Bonchev–Trinajstić information content (AvgIpc) is 2.65. The fourth-order valence-electron chi connectivity index (χ4n) is 3.07. The van der Waals surface area contributed by atoms with Gasteiger partial charge in [-0.25, -0.2) is 14.6 Å². The molecule has 0 fully saturated rings. The molecule has 162 valence electrons. The number of nitrogens with one attached hydrogen (secondary N) is 1. The lowest BCUT2D eigenvalue weighted by Crippen LogP contribution is -2.44. The molecule has 1 heterocycles. The maximum atomic E-state index is 12.0. The lowest BCUT2D eigenvalue weighted by molar-refractivity contribution is -0.139. The Kier molecular flexibility index (Phi) is 6.72. The number of hydrogen-bond donors (Lipinski definition) is 2. The zero-order chi connectivity index (χ0) is 22.8. The van der Waals surface area contributed by atoms with Crippen LogP contribution in [0.3, 0.4) is 0 Å². The maximum Gasteiger partial charge on any atom is 0.408 e. The van der Waals surface area contributed by atoms with Crippen molar-refractivity contribution in [3.8, 4) is 11.3 Å². The van der Waals surface area contributed by atoms with Crippen molar-refractivity contribution in [1.29, 1.82) is 0 Å². The van der Waals surface area contributed by atoms with Crippen molar-refractivity contribution in [3.63, 3.8) is 0 Å². The Bertz CT molecular complexity index is 1120. The van der Waals surface area contributed by atoms with Crippen LogP contribution in [-0.4, -0.2) is 33.8 Å². The molecule has 0 aliphatic rings. The minimum atomic E-state index is -1.15. The first-order valence-electron chi connectivity index (χ1n) is 9.60. The number of halogens is 2. The Balaban J connectivity index is 1.83. The Labute approximate surface area is 190 Å². The van der Waals surface area contributed by atoms with E-state index in [1.54, 1.807) is 51.1 Å². The molecule has 0 spiro atoms. The normalized spacial score (nSPS) is 12.4. The number of alkyl carbamates (subject to hydrolysis) is 1. The van der Waals surface area contributed by atoms with Crippen molar-refractivity contribution in [2.24, 2.45) is 0 Å². The number of carbonyl (C=O) groups is 2. The Morgan fingerprint density at radius 2 is 1.77 bits per heavy atom. The fraction of sp³-hybridized carbons (Fsp3) is 0.261. The summed E-state index contributed by atoms with van der Waals surface area (Å²) in [4.78, 5) is 28.2. The summed E-state index contributed by atoms with van der Waals surface area (Å²) in [5, 5.41) is 13.7. The predicted octanol–water partition coefficient (Wildman–Crippen LogP) is 5.73. The summed E-state index contributed by atoms with van der Waals surface area (Å²) in [5.74, 6) is -1.15. The summed E-state index contributed by atoms with van der Waals surface area (Å²) in [7, 11) is 0. The second-order valence-corrected chi connectivity index (χ2v) is 8.88. The standard InChI is InChI=1S/C23H22Cl2N2O4/c1-23(2,3)31-22(30)27-19(21(28)29)12-13-7-9-17-14(11-13)8-10-18(26-17)20-15(24)5-4-6-16(20)25/h4-11,19H,12H2,1-3H3,(H,27,30)(H,28,29). The lowest BCUT2D eigenvalue weighted by atomic mass is 10.0. The first-order valence-corrected chi connectivity index (χ1v) is 10.4. The van der Waals surface area contributed by atoms with Crippen LogP contribution in [0.15, 0.2) is 48.5 Å². The van der Waals surface area contributed by atoms with Crippen LogP contribution in [0.1, 0.15) is 26.3 Å². The highest BCUT2D eigenvalue weighted by Gasteiger charge is 2.24. The van der Waals surface area contributed by atoms with Gasteiger partial charge in [-0.3, -0.25) is 0 Å². The van der Waals surface area contributed by atoms with Gasteiger partial charge in [0.15, 0.2) is 0 Å². The zero-order valence-electron chi connectivity index (χ0n) is 17.3. The van der Waals surface area contributed by atoms with Gasteiger partial charge in [-0.05, 0) is 56.7 Å². The Morgan fingerprint density at radius 3 is 2.39 bits per heavy atom. The molecule has 8 heteroatoms. The number of hydrogen-bond acceptors (Lipinski definition) is 4. The van der Waals surface area contributed by atoms with Crippen molar-refractivity contribution >= 4 is 46.2 Å². The SMILES string of the molecule is CC(C)(C)OC(=O)NC(Cc1ccc2nc(-c3c(Cl)cccc3Cl)ccc2c1)C(=O)O. The van der Waals surface area contributed by atoms with Crippen molar-refractivity contribution in [2.75, 3.05) is 0 Å². The molecule has 3 aromatic rings. The molecule has 1 unspecified atom stereocenters. The summed E-state index contributed by atoms with van der Waals surface area (Å²) in [5.41, 5.74) is 2.03. The molecule has 2 aromatic carbocycles. The summed E-state index contributed by atoms with van der Waals surface area (Å²) < 4.78 is 5.16. The molecule has 0 radical (unpaired) electrons. The number of aromatic nitrogens is 1. The number of amides is 1. The van der Waals surface area contributed by atoms with Gasteiger partial charge in [-0.1, -0.05) is 41.4 Å². The number of rotatable bonds is 5. The number of ether oxygens (including phenoxy) is 1. The predicted molar refractivity (Wildman–Crippen MR) is 122 cm³/mol. The molecule has 31 heavy (non-hydrogen) atoms. The number of benzene rings is 2. The van der Waals surface area contributed by atoms with Crippen LogP contribution in [-0.2, 0) is 16.0 Å². The minimum Gasteiger partial charge on any atom is -0.480 e. The molecule has 0 aliphatic carbocycles. The van der Waals surface area contributed by atoms with Gasteiger partial charge in [0.25, 0.3) is 0 Å². The first-order chi connectivity index (χ1) is 14.5. The third-order valence-electron chi connectivity index (χ3n) is 4.40. The quantitative estimate of drug-likeness (QED) is 0.507. The zero-order valence-corrected chi connectivity index (χ0v) is 18.8. The molecular weight excluding hydrogens is 439 g/mol. The van der Waals surface area contributed by atoms with Crippen molar-refractivity contribution < 1.29 is 19.4 Å². The lowest BCUT2D eigenvalue weighted by Gasteiger charge is -2.22. The summed E-state index contributed by atoms with van der Waals surface area (Å²) in [6, 6.07) is 13.2. The number of nitrogens with zero attached hydrogens (tertiary/aromatic N) is 1. The van der Waals surface area contributed by atoms with Gasteiger partial charge >= 0.3 is 12.1 Å². The third kappa shape index (κ3) is 5.87. The number of carbonyl (C=O) groups excluding carboxylic acids is 1. The highest BCUT2D eigenvalue weighted by Crippen LogP contribution is 2.34. The van der Waals surface area contributed by atoms with Crippen LogP contribution in [0.25, 0.3) is 22.2 Å². The Hall–Kier alpha value is -2.83. The van der Waals surface area contributed by atoms with E-state index in [-0.39, 0.29) is 6.42 Å². The van der Waals surface area contributed by atoms with E-state index in [1.165, 1.54) is 0 Å². The van der Waals surface area contributed by atoms with E-state index < -0.39 is 23.7 Å².